The minimum Gasteiger partial charge on any atom is -0.457 e. The first-order valence-electron chi connectivity index (χ1n) is 10.8. The van der Waals surface area contributed by atoms with Gasteiger partial charge < -0.3 is 15.4 Å². The molecule has 0 aliphatic carbocycles. The number of halogens is 1. The molecule has 7 nitrogen and oxygen atoms in total. The molecule has 1 atom stereocenters. The first-order valence-corrected chi connectivity index (χ1v) is 10.8. The molecule has 0 radical (unpaired) electrons. The summed E-state index contributed by atoms with van der Waals surface area (Å²) >= 11 is 0. The van der Waals surface area contributed by atoms with Crippen LogP contribution in [0.25, 0.3) is 16.9 Å². The average molecular weight is 445 g/mol. The Kier molecular flexibility index (Phi) is 5.34. The molecule has 0 spiro atoms. The summed E-state index contributed by atoms with van der Waals surface area (Å²) < 4.78 is 20.5. The predicted molar refractivity (Wildman–Crippen MR) is 124 cm³/mol. The minimum atomic E-state index is -0.556. The van der Waals surface area contributed by atoms with Gasteiger partial charge in [-0.25, -0.2) is 13.9 Å². The number of nitrogens with two attached hydrogens (primary N) is 1. The van der Waals surface area contributed by atoms with Crippen molar-refractivity contribution in [3.05, 3.63) is 84.1 Å². The van der Waals surface area contributed by atoms with Crippen molar-refractivity contribution in [2.75, 3.05) is 13.1 Å². The van der Waals surface area contributed by atoms with E-state index in [0.717, 1.165) is 36.3 Å². The monoisotopic (exact) mass is 445 g/mol. The van der Waals surface area contributed by atoms with Crippen molar-refractivity contribution in [3.63, 3.8) is 0 Å². The van der Waals surface area contributed by atoms with Gasteiger partial charge in [0.25, 0.3) is 5.91 Å². The Bertz CT molecular complexity index is 1320. The second-order valence-corrected chi connectivity index (χ2v) is 8.10. The third-order valence-electron chi connectivity index (χ3n) is 5.91. The number of primary amides is 1. The highest BCUT2D eigenvalue weighted by Crippen LogP contribution is 2.34. The maximum atomic E-state index is 13.1. The quantitative estimate of drug-likeness (QED) is 0.451. The number of nitrogens with zero attached hydrogens (tertiary/aromatic N) is 3. The van der Waals surface area contributed by atoms with E-state index in [1.165, 1.54) is 12.1 Å². The van der Waals surface area contributed by atoms with Crippen LogP contribution >= 0.6 is 0 Å². The molecule has 3 N–H and O–H groups in total. The van der Waals surface area contributed by atoms with Crippen molar-refractivity contribution in [3.8, 4) is 22.8 Å². The Morgan fingerprint density at radius 1 is 1.18 bits per heavy atom. The van der Waals surface area contributed by atoms with Crippen LogP contribution in [0.15, 0.2) is 67.0 Å². The van der Waals surface area contributed by atoms with E-state index in [2.05, 4.69) is 16.2 Å². The topological polar surface area (TPSA) is 88.7 Å². The van der Waals surface area contributed by atoms with Crippen molar-refractivity contribution < 1.29 is 13.9 Å². The van der Waals surface area contributed by atoms with Crippen molar-refractivity contribution in [1.82, 2.24) is 19.5 Å². The van der Waals surface area contributed by atoms with Crippen molar-refractivity contribution >= 4 is 11.6 Å². The van der Waals surface area contributed by atoms with Gasteiger partial charge in [-0.1, -0.05) is 6.08 Å². The highest BCUT2D eigenvalue weighted by molar-refractivity contribution is 5.98. The number of aromatic amines is 1. The molecule has 8 heteroatoms. The van der Waals surface area contributed by atoms with E-state index < -0.39 is 5.91 Å². The number of rotatable bonds is 6. The number of likely N-dealkylation sites (tertiary alicyclic amines) is 1. The van der Waals surface area contributed by atoms with Crippen molar-refractivity contribution in [2.24, 2.45) is 5.73 Å². The van der Waals surface area contributed by atoms with Crippen LogP contribution in [0.4, 0.5) is 4.39 Å². The molecule has 33 heavy (non-hydrogen) atoms. The number of H-pyrrole nitrogens is 1. The molecule has 0 saturated carbocycles. The number of carbonyl (C=O) groups is 1. The molecule has 1 aliphatic heterocycles. The first-order chi connectivity index (χ1) is 16.0. The summed E-state index contributed by atoms with van der Waals surface area (Å²) in [6, 6.07) is 13.0. The van der Waals surface area contributed by atoms with Gasteiger partial charge in [0.1, 0.15) is 23.0 Å². The highest BCUT2D eigenvalue weighted by Gasteiger charge is 2.28. The fourth-order valence-corrected chi connectivity index (χ4v) is 4.37. The zero-order valence-electron chi connectivity index (χ0n) is 18.2. The zero-order valence-corrected chi connectivity index (χ0v) is 18.2. The summed E-state index contributed by atoms with van der Waals surface area (Å²) in [7, 11) is 0. The number of carbonyl (C=O) groups excluding carboxylic acids is 1. The van der Waals surface area contributed by atoms with Gasteiger partial charge in [-0.3, -0.25) is 9.89 Å². The molecule has 1 aliphatic rings. The van der Waals surface area contributed by atoms with Gasteiger partial charge in [-0.15, -0.1) is 0 Å². The number of ether oxygens (including phenoxy) is 1. The second kappa shape index (κ2) is 8.46. The van der Waals surface area contributed by atoms with Crippen LogP contribution < -0.4 is 10.5 Å². The molecular formula is C25H24FN5O2. The number of imidazole rings is 1. The van der Waals surface area contributed by atoms with Crippen LogP contribution in [0.3, 0.4) is 0 Å². The van der Waals surface area contributed by atoms with Crippen LogP contribution in [0.2, 0.25) is 0 Å². The highest BCUT2D eigenvalue weighted by atomic mass is 19.1. The Balaban J connectivity index is 1.46. The molecule has 168 valence electrons. The Morgan fingerprint density at radius 2 is 1.88 bits per heavy atom. The molecule has 1 unspecified atom stereocenters. The van der Waals surface area contributed by atoms with Crippen LogP contribution in [0, 0.1) is 5.82 Å². The van der Waals surface area contributed by atoms with E-state index in [9.17, 15) is 9.18 Å². The number of allylic oxidation sites excluding steroid dienone is 1. The van der Waals surface area contributed by atoms with Gasteiger partial charge in [-0.05, 0) is 68.1 Å². The van der Waals surface area contributed by atoms with Gasteiger partial charge in [0.15, 0.2) is 11.3 Å². The van der Waals surface area contributed by atoms with Gasteiger partial charge >= 0.3 is 0 Å². The summed E-state index contributed by atoms with van der Waals surface area (Å²) in [5, 5.41) is 3.16. The summed E-state index contributed by atoms with van der Waals surface area (Å²) in [6.07, 6.45) is 7.08. The lowest BCUT2D eigenvalue weighted by Crippen LogP contribution is -2.15. The van der Waals surface area contributed by atoms with Gasteiger partial charge in [0, 0.05) is 36.3 Å². The van der Waals surface area contributed by atoms with E-state index in [-0.39, 0.29) is 5.82 Å². The third-order valence-corrected chi connectivity index (χ3v) is 5.91. The zero-order chi connectivity index (χ0) is 22.9. The number of aromatic nitrogens is 3. The molecule has 1 amide bonds. The lowest BCUT2D eigenvalue weighted by Gasteiger charge is -2.11. The molecule has 1 fully saturated rings. The first kappa shape index (κ1) is 20.8. The second-order valence-electron chi connectivity index (χ2n) is 8.10. The average Bonchev–Trinajstić information content (AvgIpc) is 3.51. The lowest BCUT2D eigenvalue weighted by molar-refractivity contribution is 0.0994. The summed E-state index contributed by atoms with van der Waals surface area (Å²) in [4.78, 5) is 19.4. The Hall–Kier alpha value is -4.07. The van der Waals surface area contributed by atoms with Crippen molar-refractivity contribution in [1.29, 1.82) is 0 Å². The number of hydrogen-bond acceptors (Lipinski definition) is 4. The van der Waals surface area contributed by atoms with E-state index in [1.807, 2.05) is 31.3 Å². The maximum Gasteiger partial charge on any atom is 0.269 e. The number of amides is 1. The van der Waals surface area contributed by atoms with E-state index >= 15 is 0 Å². The summed E-state index contributed by atoms with van der Waals surface area (Å²) in [6.45, 7) is 3.90. The summed E-state index contributed by atoms with van der Waals surface area (Å²) in [5.74, 6) is 0.563. The molecule has 4 aromatic rings. The predicted octanol–water partition coefficient (Wildman–Crippen LogP) is 4.68. The Labute approximate surface area is 190 Å². The number of hydrogen-bond donors (Lipinski definition) is 2. The fourth-order valence-electron chi connectivity index (χ4n) is 4.37. The molecule has 2 aromatic heterocycles. The van der Waals surface area contributed by atoms with Gasteiger partial charge in [0.2, 0.25) is 0 Å². The molecule has 0 bridgehead atoms. The minimum absolute atomic E-state index is 0.312. The van der Waals surface area contributed by atoms with Gasteiger partial charge in [-0.2, -0.15) is 0 Å². The van der Waals surface area contributed by atoms with Crippen LogP contribution in [-0.4, -0.2) is 38.5 Å². The van der Waals surface area contributed by atoms with E-state index in [4.69, 9.17) is 15.5 Å². The van der Waals surface area contributed by atoms with Gasteiger partial charge in [0.05, 0.1) is 0 Å². The largest absolute Gasteiger partial charge is 0.457 e. The normalized spacial score (nSPS) is 16.2. The SMILES string of the molecule is CC=CN1CCC(c2c[nH]n3c(C(N)=O)c(-c4ccc(Oc5ccc(F)cc5)cc4)nc23)C1. The third kappa shape index (κ3) is 3.95. The molecule has 1 saturated heterocycles. The number of benzene rings is 2. The lowest BCUT2D eigenvalue weighted by atomic mass is 10.0. The maximum absolute atomic E-state index is 13.1. The number of nitrogens with one attached hydrogen (secondary N) is 1. The van der Waals surface area contributed by atoms with Crippen LogP contribution in [0.5, 0.6) is 11.5 Å². The smallest absolute Gasteiger partial charge is 0.269 e. The molecule has 5 rings (SSSR count). The summed E-state index contributed by atoms with van der Waals surface area (Å²) in [5.41, 5.74) is 9.12. The fraction of sp³-hybridized carbons (Fsp3) is 0.200. The molecule has 2 aromatic carbocycles. The van der Waals surface area contributed by atoms with E-state index in [1.54, 1.807) is 28.8 Å². The molecule has 3 heterocycles. The Morgan fingerprint density at radius 3 is 2.55 bits per heavy atom. The van der Waals surface area contributed by atoms with Crippen LogP contribution in [-0.2, 0) is 0 Å². The van der Waals surface area contributed by atoms with E-state index in [0.29, 0.717) is 28.8 Å². The van der Waals surface area contributed by atoms with Crippen molar-refractivity contribution in [2.45, 2.75) is 19.3 Å². The molecular weight excluding hydrogens is 421 g/mol. The number of fused-ring (bicyclic) bond motifs is 1. The van der Waals surface area contributed by atoms with Crippen LogP contribution in [0.1, 0.15) is 35.3 Å². The standard InChI is InChI=1S/C25H24FN5O2/c1-2-12-30-13-11-17(15-30)21-14-28-31-23(24(27)32)22(29-25(21)31)16-3-7-19(8-4-16)33-20-9-5-18(26)6-10-20/h2-10,12,14,17,28H,11,13,15H2,1H3,(H2,27,32).